The molecule has 0 saturated carbocycles. The van der Waals surface area contributed by atoms with Crippen LogP contribution < -0.4 is 5.32 Å². The number of benzene rings is 1. The largest absolute Gasteiger partial charge is 0.316 e. The molecular formula is C9H13NO2S. The maximum Gasteiger partial charge on any atom is 0.175 e. The number of rotatable bonds is 3. The molecule has 0 heterocycles. The highest BCUT2D eigenvalue weighted by molar-refractivity contribution is 7.90. The second-order valence-corrected chi connectivity index (χ2v) is 4.97. The molecule has 4 heteroatoms. The van der Waals surface area contributed by atoms with Crippen molar-refractivity contribution in [2.45, 2.75) is 11.4 Å². The molecule has 0 spiro atoms. The Morgan fingerprint density at radius 3 is 2.62 bits per heavy atom. The fourth-order valence-corrected chi connectivity index (χ4v) is 1.78. The molecule has 0 saturated heterocycles. The average Bonchev–Trinajstić information content (AvgIpc) is 2.04. The van der Waals surface area contributed by atoms with Crippen molar-refractivity contribution in [3.63, 3.8) is 0 Å². The van der Waals surface area contributed by atoms with E-state index in [9.17, 15) is 8.42 Å². The first-order valence-corrected chi connectivity index (χ1v) is 5.87. The Kier molecular flexibility index (Phi) is 3.06. The van der Waals surface area contributed by atoms with Gasteiger partial charge in [0.25, 0.3) is 0 Å². The van der Waals surface area contributed by atoms with Gasteiger partial charge in [0.05, 0.1) is 4.90 Å². The molecule has 13 heavy (non-hydrogen) atoms. The van der Waals surface area contributed by atoms with Crippen molar-refractivity contribution >= 4 is 9.84 Å². The Bertz CT molecular complexity index is 384. The molecule has 1 N–H and O–H groups in total. The number of hydrogen-bond donors (Lipinski definition) is 1. The summed E-state index contributed by atoms with van der Waals surface area (Å²) in [7, 11) is -1.24. The lowest BCUT2D eigenvalue weighted by atomic mass is 10.2. The van der Waals surface area contributed by atoms with Gasteiger partial charge in [-0.15, -0.1) is 0 Å². The van der Waals surface area contributed by atoms with Gasteiger partial charge < -0.3 is 5.32 Å². The first-order chi connectivity index (χ1) is 6.04. The van der Waals surface area contributed by atoms with Gasteiger partial charge in [0.15, 0.2) is 9.84 Å². The molecule has 0 aliphatic heterocycles. The average molecular weight is 199 g/mol. The number of sulfone groups is 1. The van der Waals surface area contributed by atoms with Gasteiger partial charge in [0.2, 0.25) is 0 Å². The fourth-order valence-electron chi connectivity index (χ4n) is 1.09. The summed E-state index contributed by atoms with van der Waals surface area (Å²) in [5, 5.41) is 2.97. The van der Waals surface area contributed by atoms with E-state index in [1.807, 2.05) is 13.1 Å². The van der Waals surface area contributed by atoms with Crippen LogP contribution in [0.5, 0.6) is 0 Å². The highest BCUT2D eigenvalue weighted by Gasteiger charge is 2.06. The molecule has 1 aromatic rings. The normalized spacial score (nSPS) is 11.5. The zero-order valence-electron chi connectivity index (χ0n) is 7.74. The lowest BCUT2D eigenvalue weighted by Crippen LogP contribution is -2.06. The predicted octanol–water partition coefficient (Wildman–Crippen LogP) is 0.810. The minimum atomic E-state index is -3.07. The summed E-state index contributed by atoms with van der Waals surface area (Å²) in [6.45, 7) is 0.684. The van der Waals surface area contributed by atoms with Crippen molar-refractivity contribution in [2.75, 3.05) is 13.3 Å². The highest BCUT2D eigenvalue weighted by atomic mass is 32.2. The van der Waals surface area contributed by atoms with Gasteiger partial charge in [-0.25, -0.2) is 8.42 Å². The number of nitrogens with one attached hydrogen (secondary N) is 1. The summed E-state index contributed by atoms with van der Waals surface area (Å²) in [4.78, 5) is 0.375. The predicted molar refractivity (Wildman–Crippen MR) is 52.3 cm³/mol. The zero-order valence-corrected chi connectivity index (χ0v) is 8.56. The van der Waals surface area contributed by atoms with Crippen LogP contribution in [0.2, 0.25) is 0 Å². The van der Waals surface area contributed by atoms with Crippen molar-refractivity contribution in [1.29, 1.82) is 0 Å². The minimum Gasteiger partial charge on any atom is -0.316 e. The van der Waals surface area contributed by atoms with Crippen LogP contribution in [0.15, 0.2) is 29.2 Å². The van der Waals surface area contributed by atoms with Gasteiger partial charge >= 0.3 is 0 Å². The molecule has 0 aliphatic rings. The molecule has 72 valence electrons. The Hall–Kier alpha value is -0.870. The maximum absolute atomic E-state index is 11.2. The Balaban J connectivity index is 3.06. The van der Waals surface area contributed by atoms with Gasteiger partial charge in [0, 0.05) is 12.8 Å². The van der Waals surface area contributed by atoms with Crippen LogP contribution in [0.1, 0.15) is 5.56 Å². The van der Waals surface area contributed by atoms with Gasteiger partial charge in [-0.05, 0) is 24.7 Å². The Labute approximate surface area is 78.7 Å². The van der Waals surface area contributed by atoms with E-state index in [4.69, 9.17) is 0 Å². The Morgan fingerprint density at radius 2 is 2.08 bits per heavy atom. The van der Waals surface area contributed by atoms with Crippen LogP contribution in [-0.2, 0) is 16.4 Å². The minimum absolute atomic E-state index is 0.375. The highest BCUT2D eigenvalue weighted by Crippen LogP contribution is 2.10. The van der Waals surface area contributed by atoms with E-state index < -0.39 is 9.84 Å². The lowest BCUT2D eigenvalue weighted by molar-refractivity contribution is 0.601. The van der Waals surface area contributed by atoms with E-state index in [0.717, 1.165) is 5.56 Å². The molecule has 0 atom stereocenters. The molecule has 3 nitrogen and oxygen atoms in total. The van der Waals surface area contributed by atoms with Gasteiger partial charge in [-0.3, -0.25) is 0 Å². The van der Waals surface area contributed by atoms with E-state index in [1.54, 1.807) is 18.2 Å². The zero-order chi connectivity index (χ0) is 9.90. The van der Waals surface area contributed by atoms with Crippen LogP contribution in [0, 0.1) is 0 Å². The summed E-state index contributed by atoms with van der Waals surface area (Å²) < 4.78 is 22.3. The summed E-state index contributed by atoms with van der Waals surface area (Å²) >= 11 is 0. The quantitative estimate of drug-likeness (QED) is 0.783. The van der Waals surface area contributed by atoms with Gasteiger partial charge in [0.1, 0.15) is 0 Å². The molecule has 0 fully saturated rings. The summed E-state index contributed by atoms with van der Waals surface area (Å²) in [6.07, 6.45) is 1.21. The van der Waals surface area contributed by atoms with E-state index in [2.05, 4.69) is 5.32 Å². The molecule has 1 aromatic carbocycles. The third-order valence-corrected chi connectivity index (χ3v) is 2.82. The molecule has 0 aromatic heterocycles. The maximum atomic E-state index is 11.2. The summed E-state index contributed by atoms with van der Waals surface area (Å²) in [6, 6.07) is 6.94. The third kappa shape index (κ3) is 2.82. The third-order valence-electron chi connectivity index (χ3n) is 1.71. The molecule has 1 rings (SSSR count). The number of hydrogen-bond acceptors (Lipinski definition) is 3. The van der Waals surface area contributed by atoms with Crippen molar-refractivity contribution in [3.05, 3.63) is 29.8 Å². The first-order valence-electron chi connectivity index (χ1n) is 3.97. The van der Waals surface area contributed by atoms with E-state index in [1.165, 1.54) is 6.26 Å². The molecular weight excluding hydrogens is 186 g/mol. The molecule has 0 radical (unpaired) electrons. The van der Waals surface area contributed by atoms with Gasteiger partial charge in [-0.2, -0.15) is 0 Å². The van der Waals surface area contributed by atoms with E-state index in [-0.39, 0.29) is 0 Å². The van der Waals surface area contributed by atoms with Crippen molar-refractivity contribution < 1.29 is 8.42 Å². The monoisotopic (exact) mass is 199 g/mol. The van der Waals surface area contributed by atoms with Crippen LogP contribution >= 0.6 is 0 Å². The standard InChI is InChI=1S/C9H13NO2S/c1-10-7-8-4-3-5-9(6-8)13(2,11)12/h3-6,10H,7H2,1-2H3. The summed E-state index contributed by atoms with van der Waals surface area (Å²) in [5.41, 5.74) is 0.977. The smallest absolute Gasteiger partial charge is 0.175 e. The molecule has 0 aliphatic carbocycles. The second-order valence-electron chi connectivity index (χ2n) is 2.95. The Morgan fingerprint density at radius 1 is 1.38 bits per heavy atom. The van der Waals surface area contributed by atoms with Crippen molar-refractivity contribution in [2.24, 2.45) is 0 Å². The van der Waals surface area contributed by atoms with Crippen LogP contribution in [0.25, 0.3) is 0 Å². The van der Waals surface area contributed by atoms with E-state index >= 15 is 0 Å². The first kappa shape index (κ1) is 10.2. The van der Waals surface area contributed by atoms with Crippen LogP contribution in [0.3, 0.4) is 0 Å². The second kappa shape index (κ2) is 3.89. The molecule has 0 bridgehead atoms. The van der Waals surface area contributed by atoms with E-state index in [0.29, 0.717) is 11.4 Å². The van der Waals surface area contributed by atoms with Crippen LogP contribution in [-0.4, -0.2) is 21.7 Å². The fraction of sp³-hybridized carbons (Fsp3) is 0.333. The van der Waals surface area contributed by atoms with Crippen molar-refractivity contribution in [3.8, 4) is 0 Å². The molecule has 0 amide bonds. The lowest BCUT2D eigenvalue weighted by Gasteiger charge is -2.02. The van der Waals surface area contributed by atoms with Gasteiger partial charge in [-0.1, -0.05) is 12.1 Å². The summed E-state index contributed by atoms with van der Waals surface area (Å²) in [5.74, 6) is 0. The molecule has 0 unspecified atom stereocenters. The topological polar surface area (TPSA) is 46.2 Å². The SMILES string of the molecule is CNCc1cccc(S(C)(=O)=O)c1. The van der Waals surface area contributed by atoms with Crippen molar-refractivity contribution in [1.82, 2.24) is 5.32 Å². The van der Waals surface area contributed by atoms with Crippen LogP contribution in [0.4, 0.5) is 0 Å².